The molecular formula is C13H17F2NO. The summed E-state index contributed by atoms with van der Waals surface area (Å²) in [6.45, 7) is 0. The van der Waals surface area contributed by atoms with Crippen LogP contribution in [0.2, 0.25) is 0 Å². The van der Waals surface area contributed by atoms with Crippen molar-refractivity contribution in [2.75, 3.05) is 7.11 Å². The predicted octanol–water partition coefficient (Wildman–Crippen LogP) is 3.09. The highest BCUT2D eigenvalue weighted by Crippen LogP contribution is 2.38. The van der Waals surface area contributed by atoms with Gasteiger partial charge in [-0.25, -0.2) is 8.78 Å². The Hall–Kier alpha value is -1.16. The molecule has 1 fully saturated rings. The lowest BCUT2D eigenvalue weighted by atomic mass is 9.77. The molecule has 1 aromatic rings. The Labute approximate surface area is 99.8 Å². The lowest BCUT2D eigenvalue weighted by Crippen LogP contribution is -2.39. The SMILES string of the molecule is COc1cc(F)cc(C2(N)CCCCC2)c1F. The van der Waals surface area contributed by atoms with E-state index in [9.17, 15) is 8.78 Å². The highest BCUT2D eigenvalue weighted by Gasteiger charge is 2.33. The topological polar surface area (TPSA) is 35.2 Å². The van der Waals surface area contributed by atoms with Gasteiger partial charge in [-0.1, -0.05) is 19.3 Å². The lowest BCUT2D eigenvalue weighted by Gasteiger charge is -2.34. The first kappa shape index (κ1) is 12.3. The maximum absolute atomic E-state index is 14.1. The standard InChI is InChI=1S/C13H17F2NO/c1-17-11-8-9(14)7-10(12(11)15)13(16)5-3-2-4-6-13/h7-8H,2-6,16H2,1H3. The van der Waals surface area contributed by atoms with E-state index in [2.05, 4.69) is 0 Å². The number of hydrogen-bond acceptors (Lipinski definition) is 2. The smallest absolute Gasteiger partial charge is 0.170 e. The molecule has 94 valence electrons. The summed E-state index contributed by atoms with van der Waals surface area (Å²) in [5.41, 5.74) is 5.70. The van der Waals surface area contributed by atoms with Gasteiger partial charge >= 0.3 is 0 Å². The molecule has 0 saturated heterocycles. The molecule has 0 spiro atoms. The number of ether oxygens (including phenoxy) is 1. The third-order valence-electron chi connectivity index (χ3n) is 3.51. The first-order valence-electron chi connectivity index (χ1n) is 5.89. The van der Waals surface area contributed by atoms with Gasteiger partial charge in [-0.15, -0.1) is 0 Å². The zero-order chi connectivity index (χ0) is 12.5. The van der Waals surface area contributed by atoms with E-state index in [4.69, 9.17) is 10.5 Å². The third kappa shape index (κ3) is 2.27. The van der Waals surface area contributed by atoms with Crippen LogP contribution in [-0.4, -0.2) is 7.11 Å². The minimum absolute atomic E-state index is 0.0737. The molecule has 1 aromatic carbocycles. The summed E-state index contributed by atoms with van der Waals surface area (Å²) in [5.74, 6) is -1.11. The van der Waals surface area contributed by atoms with E-state index in [1.54, 1.807) is 0 Å². The number of nitrogens with two attached hydrogens (primary N) is 1. The summed E-state index contributed by atoms with van der Waals surface area (Å²) in [6.07, 6.45) is 4.39. The van der Waals surface area contributed by atoms with Crippen LogP contribution in [-0.2, 0) is 5.54 Å². The Kier molecular flexibility index (Phi) is 3.33. The van der Waals surface area contributed by atoms with Crippen molar-refractivity contribution in [3.05, 3.63) is 29.3 Å². The van der Waals surface area contributed by atoms with Crippen LogP contribution < -0.4 is 10.5 Å². The molecule has 0 aromatic heterocycles. The third-order valence-corrected chi connectivity index (χ3v) is 3.51. The van der Waals surface area contributed by atoms with Crippen molar-refractivity contribution in [3.8, 4) is 5.75 Å². The molecule has 0 atom stereocenters. The van der Waals surface area contributed by atoms with E-state index in [-0.39, 0.29) is 11.3 Å². The Bertz CT molecular complexity index is 414. The van der Waals surface area contributed by atoms with Gasteiger partial charge in [0.25, 0.3) is 0 Å². The Balaban J connectivity index is 2.46. The number of hydrogen-bond donors (Lipinski definition) is 1. The fourth-order valence-electron chi connectivity index (χ4n) is 2.53. The zero-order valence-corrected chi connectivity index (χ0v) is 9.93. The van der Waals surface area contributed by atoms with Crippen LogP contribution in [0.15, 0.2) is 12.1 Å². The maximum Gasteiger partial charge on any atom is 0.170 e. The lowest BCUT2D eigenvalue weighted by molar-refractivity contribution is 0.285. The van der Waals surface area contributed by atoms with Crippen LogP contribution in [0, 0.1) is 11.6 Å². The highest BCUT2D eigenvalue weighted by atomic mass is 19.1. The second-order valence-electron chi connectivity index (χ2n) is 4.69. The summed E-state index contributed by atoms with van der Waals surface area (Å²) in [4.78, 5) is 0. The largest absolute Gasteiger partial charge is 0.494 e. The van der Waals surface area contributed by atoms with Gasteiger partial charge in [-0.05, 0) is 18.9 Å². The van der Waals surface area contributed by atoms with Crippen molar-refractivity contribution in [3.63, 3.8) is 0 Å². The van der Waals surface area contributed by atoms with Gasteiger partial charge in [0.15, 0.2) is 11.6 Å². The minimum Gasteiger partial charge on any atom is -0.494 e. The number of halogens is 2. The first-order chi connectivity index (χ1) is 8.07. The second-order valence-corrected chi connectivity index (χ2v) is 4.69. The number of benzene rings is 1. The van der Waals surface area contributed by atoms with Gasteiger partial charge in [0.2, 0.25) is 0 Å². The average molecular weight is 241 g/mol. The first-order valence-corrected chi connectivity index (χ1v) is 5.89. The van der Waals surface area contributed by atoms with Crippen molar-refractivity contribution in [1.82, 2.24) is 0 Å². The molecule has 0 heterocycles. The molecule has 1 saturated carbocycles. The van der Waals surface area contributed by atoms with Crippen molar-refractivity contribution >= 4 is 0 Å². The summed E-state index contributed by atoms with van der Waals surface area (Å²) in [7, 11) is 1.33. The molecule has 0 radical (unpaired) electrons. The zero-order valence-electron chi connectivity index (χ0n) is 9.93. The summed E-state index contributed by atoms with van der Waals surface area (Å²) < 4.78 is 32.4. The van der Waals surface area contributed by atoms with Gasteiger partial charge in [0.1, 0.15) is 5.82 Å². The number of methoxy groups -OCH3 is 1. The molecule has 2 rings (SSSR count). The van der Waals surface area contributed by atoms with E-state index in [0.717, 1.165) is 25.3 Å². The number of rotatable bonds is 2. The Morgan fingerprint density at radius 1 is 1.18 bits per heavy atom. The molecule has 1 aliphatic carbocycles. The van der Waals surface area contributed by atoms with Crippen molar-refractivity contribution < 1.29 is 13.5 Å². The van der Waals surface area contributed by atoms with Crippen LogP contribution in [0.4, 0.5) is 8.78 Å². The van der Waals surface area contributed by atoms with E-state index >= 15 is 0 Å². The van der Waals surface area contributed by atoms with Gasteiger partial charge < -0.3 is 10.5 Å². The van der Waals surface area contributed by atoms with Gasteiger partial charge in [-0.3, -0.25) is 0 Å². The molecular weight excluding hydrogens is 224 g/mol. The summed E-state index contributed by atoms with van der Waals surface area (Å²) in [6, 6.07) is 2.24. The monoisotopic (exact) mass is 241 g/mol. The fraction of sp³-hybridized carbons (Fsp3) is 0.538. The molecule has 4 heteroatoms. The Morgan fingerprint density at radius 3 is 2.41 bits per heavy atom. The van der Waals surface area contributed by atoms with Crippen molar-refractivity contribution in [2.24, 2.45) is 5.73 Å². The fourth-order valence-corrected chi connectivity index (χ4v) is 2.53. The Morgan fingerprint density at radius 2 is 1.82 bits per heavy atom. The molecule has 2 N–H and O–H groups in total. The minimum atomic E-state index is -0.752. The van der Waals surface area contributed by atoms with Crippen LogP contribution in [0.3, 0.4) is 0 Å². The van der Waals surface area contributed by atoms with Gasteiger partial charge in [-0.2, -0.15) is 0 Å². The van der Waals surface area contributed by atoms with Crippen LogP contribution >= 0.6 is 0 Å². The maximum atomic E-state index is 14.1. The molecule has 2 nitrogen and oxygen atoms in total. The van der Waals surface area contributed by atoms with Gasteiger partial charge in [0, 0.05) is 17.2 Å². The highest BCUT2D eigenvalue weighted by molar-refractivity contribution is 5.36. The molecule has 0 unspecified atom stereocenters. The van der Waals surface area contributed by atoms with Crippen molar-refractivity contribution in [1.29, 1.82) is 0 Å². The van der Waals surface area contributed by atoms with E-state index in [0.29, 0.717) is 12.8 Å². The van der Waals surface area contributed by atoms with Crippen LogP contribution in [0.1, 0.15) is 37.7 Å². The quantitative estimate of drug-likeness (QED) is 0.863. The predicted molar refractivity (Wildman–Crippen MR) is 61.9 cm³/mol. The van der Waals surface area contributed by atoms with Crippen LogP contribution in [0.5, 0.6) is 5.75 Å². The average Bonchev–Trinajstić information content (AvgIpc) is 2.32. The van der Waals surface area contributed by atoms with E-state index in [1.165, 1.54) is 13.2 Å². The van der Waals surface area contributed by atoms with E-state index in [1.807, 2.05) is 0 Å². The second kappa shape index (κ2) is 4.61. The van der Waals surface area contributed by atoms with Crippen LogP contribution in [0.25, 0.3) is 0 Å². The molecule has 1 aliphatic rings. The van der Waals surface area contributed by atoms with Crippen molar-refractivity contribution in [2.45, 2.75) is 37.6 Å². The normalized spacial score (nSPS) is 19.1. The summed E-state index contributed by atoms with van der Waals surface area (Å²) >= 11 is 0. The van der Waals surface area contributed by atoms with E-state index < -0.39 is 17.2 Å². The molecule has 0 amide bonds. The molecule has 0 aliphatic heterocycles. The molecule has 17 heavy (non-hydrogen) atoms. The van der Waals surface area contributed by atoms with Gasteiger partial charge in [0.05, 0.1) is 7.11 Å². The molecule has 0 bridgehead atoms. The summed E-state index contributed by atoms with van der Waals surface area (Å²) in [5, 5.41) is 0.